The van der Waals surface area contributed by atoms with Crippen molar-refractivity contribution in [2.45, 2.75) is 58.2 Å². The van der Waals surface area contributed by atoms with Crippen LogP contribution in [-0.4, -0.2) is 52.2 Å². The third kappa shape index (κ3) is 4.40. The Morgan fingerprint density at radius 1 is 1.35 bits per heavy atom. The van der Waals surface area contributed by atoms with Crippen molar-refractivity contribution in [3.05, 3.63) is 0 Å². The summed E-state index contributed by atoms with van der Waals surface area (Å²) in [4.78, 5) is 36.1. The number of nitrogens with zero attached hydrogens (tertiary/aromatic N) is 1. The molecule has 1 aliphatic rings. The fourth-order valence-corrected chi connectivity index (χ4v) is 1.95. The minimum atomic E-state index is -1.11. The van der Waals surface area contributed by atoms with E-state index in [-0.39, 0.29) is 0 Å². The summed E-state index contributed by atoms with van der Waals surface area (Å²) in [5.74, 6) is -1.57. The van der Waals surface area contributed by atoms with Crippen LogP contribution in [0, 0.1) is 0 Å². The lowest BCUT2D eigenvalue weighted by atomic mass is 10.2. The van der Waals surface area contributed by atoms with Crippen LogP contribution in [0.2, 0.25) is 0 Å². The first kappa shape index (κ1) is 16.3. The number of amides is 2. The van der Waals surface area contributed by atoms with Gasteiger partial charge >= 0.3 is 12.1 Å². The lowest BCUT2D eigenvalue weighted by Crippen LogP contribution is -2.50. The molecule has 20 heavy (non-hydrogen) atoms. The van der Waals surface area contributed by atoms with Crippen LogP contribution in [0.25, 0.3) is 0 Å². The van der Waals surface area contributed by atoms with Crippen molar-refractivity contribution >= 4 is 18.0 Å². The highest BCUT2D eigenvalue weighted by molar-refractivity contribution is 5.89. The fourth-order valence-electron chi connectivity index (χ4n) is 1.95. The highest BCUT2D eigenvalue weighted by Crippen LogP contribution is 2.21. The Morgan fingerprint density at radius 3 is 2.45 bits per heavy atom. The van der Waals surface area contributed by atoms with E-state index in [1.54, 1.807) is 20.8 Å². The van der Waals surface area contributed by atoms with E-state index in [0.29, 0.717) is 19.4 Å². The van der Waals surface area contributed by atoms with Gasteiger partial charge in [0.2, 0.25) is 5.91 Å². The van der Waals surface area contributed by atoms with Gasteiger partial charge in [-0.25, -0.2) is 4.79 Å². The molecule has 0 aromatic heterocycles. The molecule has 2 amide bonds. The Bertz CT molecular complexity index is 402. The number of likely N-dealkylation sites (tertiary alicyclic amines) is 1. The summed E-state index contributed by atoms with van der Waals surface area (Å²) in [5, 5.41) is 11.2. The van der Waals surface area contributed by atoms with E-state index in [2.05, 4.69) is 5.32 Å². The number of carboxylic acid groups (broad SMARTS) is 1. The molecule has 114 valence electrons. The first-order chi connectivity index (χ1) is 9.11. The van der Waals surface area contributed by atoms with E-state index >= 15 is 0 Å². The van der Waals surface area contributed by atoms with E-state index in [0.717, 1.165) is 0 Å². The van der Waals surface area contributed by atoms with Crippen molar-refractivity contribution in [3.8, 4) is 0 Å². The van der Waals surface area contributed by atoms with Crippen molar-refractivity contribution in [3.63, 3.8) is 0 Å². The van der Waals surface area contributed by atoms with Gasteiger partial charge in [-0.3, -0.25) is 14.5 Å². The molecule has 1 saturated heterocycles. The molecule has 0 unspecified atom stereocenters. The van der Waals surface area contributed by atoms with Crippen LogP contribution in [0.1, 0.15) is 40.5 Å². The van der Waals surface area contributed by atoms with Crippen molar-refractivity contribution in [2.75, 3.05) is 6.54 Å². The minimum absolute atomic E-state index is 0.439. The minimum Gasteiger partial charge on any atom is -0.480 e. The van der Waals surface area contributed by atoms with Crippen LogP contribution >= 0.6 is 0 Å². The van der Waals surface area contributed by atoms with Crippen LogP contribution in [0.4, 0.5) is 4.79 Å². The third-order valence-corrected chi connectivity index (χ3v) is 2.91. The maximum Gasteiger partial charge on any atom is 0.410 e. The largest absolute Gasteiger partial charge is 0.480 e. The molecular formula is C13H22N2O5. The number of rotatable bonds is 3. The first-order valence-corrected chi connectivity index (χ1v) is 6.64. The number of carboxylic acids is 1. The monoisotopic (exact) mass is 286 g/mol. The van der Waals surface area contributed by atoms with Crippen molar-refractivity contribution in [1.29, 1.82) is 0 Å². The number of hydrogen-bond donors (Lipinski definition) is 2. The summed E-state index contributed by atoms with van der Waals surface area (Å²) in [6.07, 6.45) is 0.661. The molecular weight excluding hydrogens is 264 g/mol. The summed E-state index contributed by atoms with van der Waals surface area (Å²) in [6.45, 7) is 7.08. The lowest BCUT2D eigenvalue weighted by Gasteiger charge is -2.28. The van der Waals surface area contributed by atoms with Crippen molar-refractivity contribution in [2.24, 2.45) is 0 Å². The van der Waals surface area contributed by atoms with Crippen LogP contribution in [0.5, 0.6) is 0 Å². The third-order valence-electron chi connectivity index (χ3n) is 2.91. The number of nitrogens with one attached hydrogen (secondary N) is 1. The molecule has 0 saturated carbocycles. The van der Waals surface area contributed by atoms with Gasteiger partial charge in [0.15, 0.2) is 0 Å². The second kappa shape index (κ2) is 6.11. The first-order valence-electron chi connectivity index (χ1n) is 6.64. The van der Waals surface area contributed by atoms with E-state index in [1.165, 1.54) is 11.8 Å². The van der Waals surface area contributed by atoms with E-state index < -0.39 is 35.7 Å². The summed E-state index contributed by atoms with van der Waals surface area (Å²) in [6, 6.07) is -1.64. The molecule has 7 heteroatoms. The van der Waals surface area contributed by atoms with Gasteiger partial charge in [-0.2, -0.15) is 0 Å². The van der Waals surface area contributed by atoms with Gasteiger partial charge in [0.25, 0.3) is 0 Å². The van der Waals surface area contributed by atoms with Gasteiger partial charge in [0, 0.05) is 6.54 Å². The average molecular weight is 286 g/mol. The summed E-state index contributed by atoms with van der Waals surface area (Å²) in [5.41, 5.74) is -0.630. The predicted molar refractivity (Wildman–Crippen MR) is 71.2 cm³/mol. The van der Waals surface area contributed by atoms with Crippen LogP contribution < -0.4 is 5.32 Å². The molecule has 7 nitrogen and oxygen atoms in total. The highest BCUT2D eigenvalue weighted by Gasteiger charge is 2.37. The van der Waals surface area contributed by atoms with Gasteiger partial charge in [-0.15, -0.1) is 0 Å². The van der Waals surface area contributed by atoms with Crippen molar-refractivity contribution < 1.29 is 24.2 Å². The molecule has 1 heterocycles. The second-order valence-electron chi connectivity index (χ2n) is 5.90. The van der Waals surface area contributed by atoms with Gasteiger partial charge in [-0.1, -0.05) is 0 Å². The molecule has 2 N–H and O–H groups in total. The molecule has 2 atom stereocenters. The maximum absolute atomic E-state index is 12.0. The Kier molecular flexibility index (Phi) is 4.97. The Hall–Kier alpha value is -1.79. The fraction of sp³-hybridized carbons (Fsp3) is 0.769. The predicted octanol–water partition coefficient (Wildman–Crippen LogP) is 0.975. The molecule has 0 aromatic carbocycles. The zero-order valence-corrected chi connectivity index (χ0v) is 12.3. The van der Waals surface area contributed by atoms with E-state index in [9.17, 15) is 14.4 Å². The Labute approximate surface area is 118 Å². The normalized spacial score (nSPS) is 20.4. The van der Waals surface area contributed by atoms with E-state index in [4.69, 9.17) is 9.84 Å². The molecule has 0 aliphatic carbocycles. The summed E-state index contributed by atoms with van der Waals surface area (Å²) in [7, 11) is 0. The molecule has 1 aliphatic heterocycles. The smallest absolute Gasteiger partial charge is 0.410 e. The molecule has 1 fully saturated rings. The lowest BCUT2D eigenvalue weighted by molar-refractivity contribution is -0.141. The van der Waals surface area contributed by atoms with Gasteiger partial charge in [-0.05, 0) is 40.5 Å². The van der Waals surface area contributed by atoms with Gasteiger partial charge in [0.1, 0.15) is 17.7 Å². The summed E-state index contributed by atoms with van der Waals surface area (Å²) < 4.78 is 5.25. The second-order valence-corrected chi connectivity index (χ2v) is 5.90. The topological polar surface area (TPSA) is 95.9 Å². The number of carbonyl (C=O) groups is 3. The molecule has 0 radical (unpaired) electrons. The molecule has 0 bridgehead atoms. The van der Waals surface area contributed by atoms with Crippen LogP contribution in [-0.2, 0) is 14.3 Å². The maximum atomic E-state index is 12.0. The number of aliphatic carboxylic acids is 1. The number of hydrogen-bond acceptors (Lipinski definition) is 4. The van der Waals surface area contributed by atoms with E-state index in [1.807, 2.05) is 0 Å². The molecule has 0 aromatic rings. The zero-order valence-electron chi connectivity index (χ0n) is 12.3. The zero-order chi connectivity index (χ0) is 15.5. The van der Waals surface area contributed by atoms with Crippen molar-refractivity contribution in [1.82, 2.24) is 10.2 Å². The number of carbonyl (C=O) groups excluding carboxylic acids is 2. The van der Waals surface area contributed by atoms with Gasteiger partial charge in [0.05, 0.1) is 0 Å². The number of ether oxygens (including phenoxy) is 1. The highest BCUT2D eigenvalue weighted by atomic mass is 16.6. The summed E-state index contributed by atoms with van der Waals surface area (Å²) >= 11 is 0. The standard InChI is InChI=1S/C13H22N2O5/c1-8(11(17)18)14-10(16)9-6-5-7-15(9)12(19)20-13(2,3)4/h8-9H,5-7H2,1-4H3,(H,14,16)(H,17,18)/t8-,9-/m1/s1. The van der Waals surface area contributed by atoms with Gasteiger partial charge < -0.3 is 15.2 Å². The average Bonchev–Trinajstić information content (AvgIpc) is 2.74. The Morgan fingerprint density at radius 2 is 1.95 bits per heavy atom. The quantitative estimate of drug-likeness (QED) is 0.806. The molecule has 1 rings (SSSR count). The van der Waals surface area contributed by atoms with Crippen LogP contribution in [0.3, 0.4) is 0 Å². The van der Waals surface area contributed by atoms with Crippen LogP contribution in [0.15, 0.2) is 0 Å². The molecule has 0 spiro atoms. The Balaban J connectivity index is 2.67. The SMILES string of the molecule is C[C@@H](NC(=O)[C@H]1CCCN1C(=O)OC(C)(C)C)C(=O)O.